The van der Waals surface area contributed by atoms with Crippen molar-refractivity contribution in [1.29, 1.82) is 0 Å². The molecule has 1 aliphatic heterocycles. The molecule has 20 nitrogen and oxygen atoms in total. The molecule has 23 heteroatoms. The SMILES string of the molecule is CC(=O)O[C@@H]1[C@H](OC(C)=O)[C@@H](COP(=O)(OCc2ccccc2)OCc2ccccc2)O[C@H]1n1cc(CO[C@H](COP(=O)(OCc2ccccc2)OCc2ccccc2)[C@@H](OCc2ccccc2)[C@@H](CCO[Si](c2ccccc2)(c2ccccc2)C(C)(C)C)OCc2ccccc2)nn1. The highest BCUT2D eigenvalue weighted by atomic mass is 31.2. The molecule has 0 spiro atoms. The Morgan fingerprint density at radius 3 is 1.26 bits per heavy atom. The number of phosphoric acid groups is 2. The van der Waals surface area contributed by atoms with E-state index in [9.17, 15) is 14.2 Å². The van der Waals surface area contributed by atoms with Crippen LogP contribution < -0.4 is 10.4 Å². The minimum Gasteiger partial charge on any atom is -0.456 e. The third-order valence-electron chi connectivity index (χ3n) is 16.3. The minimum absolute atomic E-state index is 0.0771. The van der Waals surface area contributed by atoms with Crippen LogP contribution in [-0.2, 0) is 125 Å². The first kappa shape index (κ1) is 73.8. The molecule has 9 aromatic rings. The number of carbonyl (C=O) groups is 2. The van der Waals surface area contributed by atoms with E-state index in [1.54, 1.807) is 24.3 Å². The highest BCUT2D eigenvalue weighted by molar-refractivity contribution is 7.48. The number of hydrogen-bond donors (Lipinski definition) is 0. The fraction of sp³-hybridized carbons (Fsp3) is 0.316. The van der Waals surface area contributed by atoms with Crippen LogP contribution in [0.1, 0.15) is 86.3 Å². The third kappa shape index (κ3) is 21.5. The van der Waals surface area contributed by atoms with Gasteiger partial charge in [0.1, 0.15) is 24.0 Å². The van der Waals surface area contributed by atoms with Gasteiger partial charge < -0.3 is 32.8 Å². The van der Waals surface area contributed by atoms with Crippen LogP contribution in [0.3, 0.4) is 0 Å². The monoisotopic (exact) mass is 1400 g/mol. The van der Waals surface area contributed by atoms with Crippen molar-refractivity contribution in [2.75, 3.05) is 19.8 Å². The van der Waals surface area contributed by atoms with Crippen LogP contribution in [0, 0.1) is 0 Å². The first-order chi connectivity index (χ1) is 48.0. The second-order valence-electron chi connectivity index (χ2n) is 24.7. The van der Waals surface area contributed by atoms with Gasteiger partial charge in [-0.25, -0.2) is 13.8 Å². The Hall–Kier alpha value is -7.92. The predicted octanol–water partition coefficient (Wildman–Crippen LogP) is 14.2. The van der Waals surface area contributed by atoms with Crippen LogP contribution in [0.15, 0.2) is 249 Å². The molecule has 0 radical (unpaired) electrons. The second-order valence-corrected chi connectivity index (χ2v) is 32.3. The minimum atomic E-state index is -4.51. The lowest BCUT2D eigenvalue weighted by atomic mass is 10.0. The Morgan fingerprint density at radius 2 is 0.848 bits per heavy atom. The maximum Gasteiger partial charge on any atom is 0.475 e. The van der Waals surface area contributed by atoms with Gasteiger partial charge in [-0.05, 0) is 55.2 Å². The van der Waals surface area contributed by atoms with Gasteiger partial charge in [0.15, 0.2) is 18.4 Å². The molecule has 1 fully saturated rings. The molecule has 1 aliphatic rings. The summed E-state index contributed by atoms with van der Waals surface area (Å²) in [7, 11) is -12.1. The largest absolute Gasteiger partial charge is 0.475 e. The van der Waals surface area contributed by atoms with Crippen molar-refractivity contribution in [1.82, 2.24) is 15.0 Å². The van der Waals surface area contributed by atoms with Crippen molar-refractivity contribution in [3.05, 3.63) is 288 Å². The molecule has 0 aliphatic carbocycles. The maximum absolute atomic E-state index is 15.4. The molecular formula is C76H85N3O17P2Si. The van der Waals surface area contributed by atoms with E-state index >= 15 is 4.57 Å². The molecule has 0 saturated carbocycles. The van der Waals surface area contributed by atoms with Crippen LogP contribution in [0.5, 0.6) is 0 Å². The molecule has 0 N–H and O–H groups in total. The normalized spacial score (nSPS) is 16.8. The summed E-state index contributed by atoms with van der Waals surface area (Å²) >= 11 is 0. The van der Waals surface area contributed by atoms with E-state index in [0.717, 1.165) is 32.6 Å². The predicted molar refractivity (Wildman–Crippen MR) is 374 cm³/mol. The number of nitrogens with zero attached hydrogens (tertiary/aromatic N) is 3. The number of benzene rings is 8. The number of esters is 2. The van der Waals surface area contributed by atoms with Crippen molar-refractivity contribution in [2.45, 2.75) is 135 Å². The smallest absolute Gasteiger partial charge is 0.456 e. The average Bonchev–Trinajstić information content (AvgIpc) is 1.28. The fourth-order valence-corrected chi connectivity index (χ4v) is 18.4. The molecular weight excluding hydrogens is 1320 g/mol. The summed E-state index contributed by atoms with van der Waals surface area (Å²) in [4.78, 5) is 25.9. The standard InChI is InChI=1S/C76H85N3O17P2Si/c1-58(80)94-73-71(57-92-98(83,89-53-64-38-22-10-23-39-64)90-54-65-40-24-11-25-41-65)96-75(74(73)95-59(2)81)79-48-66(77-78-79)55-85-70(56-91-97(82,87-51-62-34-18-8-19-35-62)88-52-63-36-20-9-21-37-63)72(86-50-61-32-16-7-17-33-61)69(84-49-60-30-14-6-15-31-60)46-47-93-99(76(3,4)5,67-42-26-12-27-43-67)68-44-28-13-29-45-68/h6-45,48,69-75H,46-47,49-57H2,1-5H3/t69-,70-,71-,72+,73-,74-,75-/m1/s1. The summed E-state index contributed by atoms with van der Waals surface area (Å²) in [5.41, 5.74) is 4.80. The average molecular weight is 1400 g/mol. The van der Waals surface area contributed by atoms with Gasteiger partial charge in [-0.2, -0.15) is 0 Å². The number of ether oxygens (including phenoxy) is 6. The Balaban J connectivity index is 0.992. The van der Waals surface area contributed by atoms with Crippen LogP contribution in [0.2, 0.25) is 5.04 Å². The fourth-order valence-electron chi connectivity index (χ4n) is 11.5. The summed E-state index contributed by atoms with van der Waals surface area (Å²) in [6.45, 7) is 7.69. The summed E-state index contributed by atoms with van der Waals surface area (Å²) < 4.78 is 115. The molecule has 8 aromatic carbocycles. The Labute approximate surface area is 580 Å². The van der Waals surface area contributed by atoms with E-state index in [0.29, 0.717) is 11.1 Å². The van der Waals surface area contributed by atoms with Gasteiger partial charge in [0, 0.05) is 20.5 Å². The van der Waals surface area contributed by atoms with Gasteiger partial charge in [-0.3, -0.25) is 36.7 Å². The quantitative estimate of drug-likeness (QED) is 0.0199. The Kier molecular flexibility index (Phi) is 27.1. The first-order valence-electron chi connectivity index (χ1n) is 32.8. The molecule has 10 rings (SSSR count). The molecule has 0 amide bonds. The highest BCUT2D eigenvalue weighted by Crippen LogP contribution is 2.53. The number of hydrogen-bond acceptors (Lipinski definition) is 19. The van der Waals surface area contributed by atoms with Crippen molar-refractivity contribution >= 4 is 46.3 Å². The van der Waals surface area contributed by atoms with Crippen molar-refractivity contribution in [3.8, 4) is 0 Å². The van der Waals surface area contributed by atoms with Crippen molar-refractivity contribution in [3.63, 3.8) is 0 Å². The molecule has 0 unspecified atom stereocenters. The number of rotatable bonds is 38. The van der Waals surface area contributed by atoms with Gasteiger partial charge in [0.2, 0.25) is 0 Å². The lowest BCUT2D eigenvalue weighted by molar-refractivity contribution is -0.166. The van der Waals surface area contributed by atoms with Gasteiger partial charge in [0.25, 0.3) is 8.32 Å². The van der Waals surface area contributed by atoms with Crippen LogP contribution >= 0.6 is 15.6 Å². The van der Waals surface area contributed by atoms with E-state index in [2.05, 4.69) is 55.3 Å². The zero-order valence-electron chi connectivity index (χ0n) is 56.2. The lowest BCUT2D eigenvalue weighted by Crippen LogP contribution is -2.66. The van der Waals surface area contributed by atoms with E-state index in [1.807, 2.05) is 194 Å². The van der Waals surface area contributed by atoms with Crippen LogP contribution in [0.25, 0.3) is 0 Å². The van der Waals surface area contributed by atoms with Gasteiger partial charge in [-0.15, -0.1) is 5.10 Å². The number of phosphoric ester groups is 2. The van der Waals surface area contributed by atoms with Crippen LogP contribution in [-0.4, -0.2) is 91.7 Å². The molecule has 520 valence electrons. The third-order valence-corrected chi connectivity index (χ3v) is 24.1. The molecule has 0 bridgehead atoms. The van der Waals surface area contributed by atoms with Crippen molar-refractivity contribution < 1.29 is 78.7 Å². The van der Waals surface area contributed by atoms with Crippen LogP contribution in [0.4, 0.5) is 0 Å². The van der Waals surface area contributed by atoms with Gasteiger partial charge >= 0.3 is 27.6 Å². The molecule has 99 heavy (non-hydrogen) atoms. The molecule has 7 atom stereocenters. The van der Waals surface area contributed by atoms with Crippen molar-refractivity contribution in [2.24, 2.45) is 0 Å². The topological polar surface area (TPSA) is 219 Å². The highest BCUT2D eigenvalue weighted by Gasteiger charge is 2.53. The second kappa shape index (κ2) is 36.4. The zero-order valence-corrected chi connectivity index (χ0v) is 59.0. The molecule has 1 saturated heterocycles. The Morgan fingerprint density at radius 1 is 0.475 bits per heavy atom. The van der Waals surface area contributed by atoms with Gasteiger partial charge in [-0.1, -0.05) is 269 Å². The van der Waals surface area contributed by atoms with Gasteiger partial charge in [0.05, 0.1) is 71.8 Å². The summed E-state index contributed by atoms with van der Waals surface area (Å²) in [6.07, 6.45) is -6.51. The van der Waals surface area contributed by atoms with E-state index in [4.69, 9.17) is 60.0 Å². The summed E-state index contributed by atoms with van der Waals surface area (Å²) in [6, 6.07) is 76.9. The summed E-state index contributed by atoms with van der Waals surface area (Å²) in [5.74, 6) is -1.47. The first-order valence-corrected chi connectivity index (χ1v) is 37.7. The number of aromatic nitrogens is 3. The number of carbonyl (C=O) groups excluding carboxylic acids is 2. The van der Waals surface area contributed by atoms with E-state index in [1.165, 1.54) is 24.7 Å². The maximum atomic E-state index is 15.4. The Bertz CT molecular complexity index is 3830. The van der Waals surface area contributed by atoms with E-state index in [-0.39, 0.29) is 70.0 Å². The zero-order chi connectivity index (χ0) is 69.3. The van der Waals surface area contributed by atoms with E-state index < -0.39 is 92.0 Å². The molecule has 2 heterocycles. The summed E-state index contributed by atoms with van der Waals surface area (Å²) in [5, 5.41) is 10.8. The molecule has 1 aromatic heterocycles. The lowest BCUT2D eigenvalue weighted by Gasteiger charge is -2.43.